The Bertz CT molecular complexity index is 168. The molecule has 0 radical (unpaired) electrons. The van der Waals surface area contributed by atoms with Crippen molar-refractivity contribution in [1.29, 1.82) is 0 Å². The second-order valence-corrected chi connectivity index (χ2v) is 3.09. The fourth-order valence-electron chi connectivity index (χ4n) is 0.711. The molecule has 0 N–H and O–H groups in total. The first-order valence-electron chi connectivity index (χ1n) is 3.92. The summed E-state index contributed by atoms with van der Waals surface area (Å²) in [7, 11) is 0. The summed E-state index contributed by atoms with van der Waals surface area (Å²) >= 11 is 4.07. The summed E-state index contributed by atoms with van der Waals surface area (Å²) in [4.78, 5) is 21.3. The normalized spacial score (nSPS) is 12.2. The van der Waals surface area contributed by atoms with Crippen LogP contribution < -0.4 is 0 Å². The van der Waals surface area contributed by atoms with Crippen molar-refractivity contribution in [3.63, 3.8) is 0 Å². The van der Waals surface area contributed by atoms with Crippen LogP contribution in [0.15, 0.2) is 0 Å². The van der Waals surface area contributed by atoms with E-state index in [-0.39, 0.29) is 23.6 Å². The SMILES string of the molecule is CCC(=O)[C@H](S)CCOC(C)=O. The highest BCUT2D eigenvalue weighted by atomic mass is 32.1. The number of carbonyl (C=O) groups is 2. The highest BCUT2D eigenvalue weighted by Crippen LogP contribution is 2.05. The van der Waals surface area contributed by atoms with Crippen molar-refractivity contribution in [3.05, 3.63) is 0 Å². The topological polar surface area (TPSA) is 43.4 Å². The van der Waals surface area contributed by atoms with E-state index in [2.05, 4.69) is 17.4 Å². The molecule has 0 rings (SSSR count). The molecule has 0 heterocycles. The minimum atomic E-state index is -0.320. The van der Waals surface area contributed by atoms with Gasteiger partial charge in [-0.05, 0) is 0 Å². The van der Waals surface area contributed by atoms with Gasteiger partial charge in [-0.1, -0.05) is 6.92 Å². The lowest BCUT2D eigenvalue weighted by Crippen LogP contribution is -2.16. The number of hydrogen-bond donors (Lipinski definition) is 1. The second-order valence-electron chi connectivity index (χ2n) is 2.46. The van der Waals surface area contributed by atoms with E-state index in [0.29, 0.717) is 12.8 Å². The van der Waals surface area contributed by atoms with Crippen molar-refractivity contribution in [1.82, 2.24) is 0 Å². The van der Waals surface area contributed by atoms with Gasteiger partial charge in [0.05, 0.1) is 11.9 Å². The molecule has 0 aliphatic heterocycles. The summed E-state index contributed by atoms with van der Waals surface area (Å²) in [6.45, 7) is 3.40. The first-order chi connectivity index (χ1) is 5.57. The zero-order valence-electron chi connectivity index (χ0n) is 7.37. The van der Waals surface area contributed by atoms with E-state index in [1.807, 2.05) is 0 Å². The first-order valence-corrected chi connectivity index (χ1v) is 4.43. The average molecular weight is 190 g/mol. The number of ether oxygens (including phenoxy) is 1. The second kappa shape index (κ2) is 6.06. The third-order valence-electron chi connectivity index (χ3n) is 1.42. The molecule has 0 fully saturated rings. The fourth-order valence-corrected chi connectivity index (χ4v) is 0.999. The Labute approximate surface area is 77.9 Å². The summed E-state index contributed by atoms with van der Waals surface area (Å²) in [6, 6.07) is 0. The Morgan fingerprint density at radius 1 is 1.50 bits per heavy atom. The zero-order valence-corrected chi connectivity index (χ0v) is 8.27. The van der Waals surface area contributed by atoms with E-state index in [0.717, 1.165) is 0 Å². The molecule has 3 nitrogen and oxygen atoms in total. The third kappa shape index (κ3) is 5.18. The van der Waals surface area contributed by atoms with Crippen LogP contribution in [0.2, 0.25) is 0 Å². The molecule has 0 saturated heterocycles. The van der Waals surface area contributed by atoms with Gasteiger partial charge in [0, 0.05) is 19.8 Å². The molecule has 4 heteroatoms. The molecule has 0 amide bonds. The molecule has 0 bridgehead atoms. The first kappa shape index (κ1) is 11.5. The maximum atomic E-state index is 11.0. The van der Waals surface area contributed by atoms with Gasteiger partial charge in [0.25, 0.3) is 0 Å². The van der Waals surface area contributed by atoms with E-state index >= 15 is 0 Å². The summed E-state index contributed by atoms with van der Waals surface area (Å²) < 4.78 is 4.67. The van der Waals surface area contributed by atoms with Gasteiger partial charge in [0.1, 0.15) is 5.78 Å². The van der Waals surface area contributed by atoms with Gasteiger partial charge in [-0.2, -0.15) is 12.6 Å². The number of carbonyl (C=O) groups excluding carboxylic acids is 2. The van der Waals surface area contributed by atoms with Gasteiger partial charge in [0.2, 0.25) is 0 Å². The van der Waals surface area contributed by atoms with Crippen LogP contribution in [0, 0.1) is 0 Å². The molecule has 0 aliphatic rings. The predicted octanol–water partition coefficient (Wildman–Crippen LogP) is 1.22. The van der Waals surface area contributed by atoms with Crippen LogP contribution in [0.5, 0.6) is 0 Å². The zero-order chi connectivity index (χ0) is 9.56. The lowest BCUT2D eigenvalue weighted by atomic mass is 10.2. The fraction of sp³-hybridized carbons (Fsp3) is 0.750. The smallest absolute Gasteiger partial charge is 0.302 e. The van der Waals surface area contributed by atoms with Crippen molar-refractivity contribution in [3.8, 4) is 0 Å². The Balaban J connectivity index is 3.50. The van der Waals surface area contributed by atoms with Gasteiger partial charge in [0.15, 0.2) is 0 Å². The van der Waals surface area contributed by atoms with E-state index in [9.17, 15) is 9.59 Å². The molecule has 12 heavy (non-hydrogen) atoms. The lowest BCUT2D eigenvalue weighted by molar-refractivity contribution is -0.141. The van der Waals surface area contributed by atoms with Crippen molar-refractivity contribution in [2.24, 2.45) is 0 Å². The molecular formula is C8H14O3S. The number of esters is 1. The van der Waals surface area contributed by atoms with Gasteiger partial charge >= 0.3 is 5.97 Å². The number of thiol groups is 1. The Hall–Kier alpha value is -0.510. The molecule has 1 atom stereocenters. The molecule has 0 spiro atoms. The Morgan fingerprint density at radius 3 is 2.50 bits per heavy atom. The molecule has 0 saturated carbocycles. The average Bonchev–Trinajstić information content (AvgIpc) is 2.02. The van der Waals surface area contributed by atoms with E-state index in [1.54, 1.807) is 6.92 Å². The van der Waals surface area contributed by atoms with Crippen LogP contribution in [0.25, 0.3) is 0 Å². The van der Waals surface area contributed by atoms with Crippen molar-refractivity contribution >= 4 is 24.4 Å². The Kier molecular flexibility index (Phi) is 5.80. The monoisotopic (exact) mass is 190 g/mol. The van der Waals surface area contributed by atoms with Crippen LogP contribution in [-0.2, 0) is 14.3 Å². The molecule has 0 aromatic carbocycles. The molecule has 0 aliphatic carbocycles. The van der Waals surface area contributed by atoms with Gasteiger partial charge in [-0.3, -0.25) is 9.59 Å². The largest absolute Gasteiger partial charge is 0.466 e. The standard InChI is InChI=1S/C8H14O3S/c1-3-7(10)8(12)4-5-11-6(2)9/h8,12H,3-5H2,1-2H3/t8-/m1/s1. The number of rotatable bonds is 5. The van der Waals surface area contributed by atoms with Crippen molar-refractivity contribution < 1.29 is 14.3 Å². The van der Waals surface area contributed by atoms with E-state index in [4.69, 9.17) is 0 Å². The van der Waals surface area contributed by atoms with Crippen molar-refractivity contribution in [2.75, 3.05) is 6.61 Å². The summed E-state index contributed by atoms with van der Waals surface area (Å²) in [5.41, 5.74) is 0. The predicted molar refractivity (Wildman–Crippen MR) is 49.3 cm³/mol. The number of Topliss-reactive ketones (excluding diaryl/α,β-unsaturated/α-hetero) is 1. The van der Waals surface area contributed by atoms with Crippen LogP contribution in [-0.4, -0.2) is 23.6 Å². The third-order valence-corrected chi connectivity index (χ3v) is 1.96. The molecule has 0 aromatic rings. The Morgan fingerprint density at radius 2 is 2.08 bits per heavy atom. The van der Waals surface area contributed by atoms with E-state index in [1.165, 1.54) is 6.92 Å². The van der Waals surface area contributed by atoms with Crippen LogP contribution >= 0.6 is 12.6 Å². The quantitative estimate of drug-likeness (QED) is 0.523. The molecule has 0 aromatic heterocycles. The maximum absolute atomic E-state index is 11.0. The number of hydrogen-bond acceptors (Lipinski definition) is 4. The van der Waals surface area contributed by atoms with Gasteiger partial charge in [-0.15, -0.1) is 0 Å². The number of ketones is 1. The highest BCUT2D eigenvalue weighted by molar-refractivity contribution is 7.81. The van der Waals surface area contributed by atoms with Gasteiger partial charge in [-0.25, -0.2) is 0 Å². The molecule has 0 unspecified atom stereocenters. The maximum Gasteiger partial charge on any atom is 0.302 e. The molecular weight excluding hydrogens is 176 g/mol. The summed E-state index contributed by atoms with van der Waals surface area (Å²) in [6.07, 6.45) is 0.976. The molecule has 70 valence electrons. The van der Waals surface area contributed by atoms with Gasteiger partial charge < -0.3 is 4.74 Å². The minimum Gasteiger partial charge on any atom is -0.466 e. The highest BCUT2D eigenvalue weighted by Gasteiger charge is 2.11. The minimum absolute atomic E-state index is 0.0884. The van der Waals surface area contributed by atoms with Crippen LogP contribution in [0.1, 0.15) is 26.7 Å². The van der Waals surface area contributed by atoms with Crippen molar-refractivity contribution in [2.45, 2.75) is 31.9 Å². The van der Waals surface area contributed by atoms with Crippen LogP contribution in [0.3, 0.4) is 0 Å². The lowest BCUT2D eigenvalue weighted by Gasteiger charge is -2.07. The summed E-state index contributed by atoms with van der Waals surface area (Å²) in [5.74, 6) is -0.232. The van der Waals surface area contributed by atoms with Crippen LogP contribution in [0.4, 0.5) is 0 Å². The summed E-state index contributed by atoms with van der Waals surface area (Å²) in [5, 5.41) is -0.297. The van der Waals surface area contributed by atoms with E-state index < -0.39 is 0 Å².